The van der Waals surface area contributed by atoms with Gasteiger partial charge in [-0.05, 0) is 74.7 Å². The van der Waals surface area contributed by atoms with Gasteiger partial charge in [0.1, 0.15) is 35.2 Å². The third-order valence-corrected chi connectivity index (χ3v) is 11.3. The lowest BCUT2D eigenvalue weighted by Gasteiger charge is -2.39. The summed E-state index contributed by atoms with van der Waals surface area (Å²) in [5.41, 5.74) is 0.898. The molecule has 1 N–H and O–H groups in total. The zero-order chi connectivity index (χ0) is 39.5. The first-order valence-corrected chi connectivity index (χ1v) is 19.5. The van der Waals surface area contributed by atoms with Crippen LogP contribution in [0.3, 0.4) is 0 Å². The molecule has 0 radical (unpaired) electrons. The fourth-order valence-corrected chi connectivity index (χ4v) is 8.48. The number of benzene rings is 3. The molecule has 1 amide bonds. The Kier molecular flexibility index (Phi) is 14.6. The summed E-state index contributed by atoms with van der Waals surface area (Å²) in [6, 6.07) is 27.3. The summed E-state index contributed by atoms with van der Waals surface area (Å²) in [6.07, 6.45) is 5.87. The van der Waals surface area contributed by atoms with Crippen molar-refractivity contribution in [2.45, 2.75) is 83.6 Å². The number of amides is 1. The van der Waals surface area contributed by atoms with Gasteiger partial charge in [0.05, 0.1) is 33.5 Å². The fourth-order valence-electron chi connectivity index (χ4n) is 6.72. The second-order valence-electron chi connectivity index (χ2n) is 13.6. The highest BCUT2D eigenvalue weighted by atomic mass is 31.2. The monoisotopic (exact) mass is 770 g/mol. The minimum absolute atomic E-state index is 0.0527. The molecule has 13 heteroatoms. The van der Waals surface area contributed by atoms with Crippen LogP contribution in [0.2, 0.25) is 0 Å². The van der Waals surface area contributed by atoms with Crippen LogP contribution in [0, 0.1) is 12.3 Å². The molecule has 2 heterocycles. The van der Waals surface area contributed by atoms with Crippen LogP contribution in [0.5, 0.6) is 11.5 Å². The minimum Gasteiger partial charge on any atom is -0.497 e. The van der Waals surface area contributed by atoms with E-state index in [4.69, 9.17) is 34.4 Å². The zero-order valence-corrected chi connectivity index (χ0v) is 33.4. The number of aromatic nitrogens is 2. The van der Waals surface area contributed by atoms with Crippen LogP contribution in [-0.2, 0) is 28.9 Å². The summed E-state index contributed by atoms with van der Waals surface area (Å²) < 4.78 is 41.9. The van der Waals surface area contributed by atoms with Crippen LogP contribution in [0.25, 0.3) is 0 Å². The highest BCUT2D eigenvalue weighted by Gasteiger charge is 2.45. The maximum atomic E-state index is 13.4. The molecule has 4 aromatic rings. The number of methoxy groups -OCH3 is 2. The average Bonchev–Trinajstić information content (AvgIpc) is 3.57. The number of rotatable bonds is 18. The van der Waals surface area contributed by atoms with Gasteiger partial charge in [-0.3, -0.25) is 9.36 Å². The summed E-state index contributed by atoms with van der Waals surface area (Å²) in [5.74, 6) is 3.88. The van der Waals surface area contributed by atoms with Crippen molar-refractivity contribution in [2.24, 2.45) is 0 Å². The van der Waals surface area contributed by atoms with Crippen molar-refractivity contribution in [3.05, 3.63) is 118 Å². The predicted molar refractivity (Wildman–Crippen MR) is 213 cm³/mol. The summed E-state index contributed by atoms with van der Waals surface area (Å²) >= 11 is 0. The van der Waals surface area contributed by atoms with Gasteiger partial charge in [0.2, 0.25) is 5.91 Å². The van der Waals surface area contributed by atoms with Gasteiger partial charge in [-0.1, -0.05) is 54.6 Å². The van der Waals surface area contributed by atoms with E-state index in [2.05, 4.69) is 48.6 Å². The van der Waals surface area contributed by atoms with Crippen LogP contribution in [0.1, 0.15) is 70.4 Å². The van der Waals surface area contributed by atoms with Crippen LogP contribution in [0.15, 0.2) is 95.9 Å². The van der Waals surface area contributed by atoms with Gasteiger partial charge in [0, 0.05) is 38.0 Å². The first-order valence-electron chi connectivity index (χ1n) is 18.3. The lowest BCUT2D eigenvalue weighted by atomic mass is 9.80. The molecule has 0 saturated carbocycles. The average molecular weight is 771 g/mol. The molecule has 292 valence electrons. The Balaban J connectivity index is 1.59. The topological polar surface area (TPSA) is 123 Å². The molecule has 1 fully saturated rings. The summed E-state index contributed by atoms with van der Waals surface area (Å²) in [4.78, 5) is 29.1. The number of carbonyl (C=O) groups is 1. The molecular formula is C42H51N4O8P. The number of terminal acetylenes is 1. The van der Waals surface area contributed by atoms with E-state index in [9.17, 15) is 9.59 Å². The molecule has 3 aromatic carbocycles. The Bertz CT molecular complexity index is 1880. The molecule has 5 rings (SSSR count). The van der Waals surface area contributed by atoms with Crippen LogP contribution < -0.4 is 20.5 Å². The molecule has 1 aromatic heterocycles. The second kappa shape index (κ2) is 19.3. The highest BCUT2D eigenvalue weighted by Crippen LogP contribution is 2.50. The van der Waals surface area contributed by atoms with E-state index in [1.54, 1.807) is 26.5 Å². The maximum Gasteiger partial charge on any atom is 0.351 e. The molecule has 55 heavy (non-hydrogen) atoms. The Morgan fingerprint density at radius 3 is 2.05 bits per heavy atom. The van der Waals surface area contributed by atoms with Gasteiger partial charge in [-0.25, -0.2) is 9.46 Å². The first kappa shape index (κ1) is 41.6. The van der Waals surface area contributed by atoms with Crippen molar-refractivity contribution >= 4 is 20.3 Å². The highest BCUT2D eigenvalue weighted by molar-refractivity contribution is 7.44. The third kappa shape index (κ3) is 9.99. The maximum absolute atomic E-state index is 13.4. The van der Waals surface area contributed by atoms with E-state index >= 15 is 0 Å². The lowest BCUT2D eigenvalue weighted by molar-refractivity contribution is -0.114. The SMILES string of the molecule is C#CCCOP(OC1CC(n2ccc(NC(C)=O)nc2=O)OC1COC(c1ccccc1)(c1ccc(OC)cc1)c1ccc(OC)cc1)N(C(C)C)C(C)C. The molecule has 1 aliphatic heterocycles. The van der Waals surface area contributed by atoms with Gasteiger partial charge in [-0.15, -0.1) is 12.3 Å². The van der Waals surface area contributed by atoms with Crippen LogP contribution in [-0.4, -0.2) is 71.9 Å². The van der Waals surface area contributed by atoms with E-state index in [1.165, 1.54) is 11.5 Å². The van der Waals surface area contributed by atoms with Gasteiger partial charge in [-0.2, -0.15) is 4.98 Å². The summed E-state index contributed by atoms with van der Waals surface area (Å²) in [6.45, 7) is 10.1. The Hall–Kier alpha value is -4.60. The molecule has 12 nitrogen and oxygen atoms in total. The lowest BCUT2D eigenvalue weighted by Crippen LogP contribution is -2.39. The number of hydrogen-bond acceptors (Lipinski definition) is 10. The van der Waals surface area contributed by atoms with E-state index in [0.29, 0.717) is 30.9 Å². The molecule has 4 unspecified atom stereocenters. The molecule has 0 spiro atoms. The van der Waals surface area contributed by atoms with Crippen molar-refractivity contribution in [3.63, 3.8) is 0 Å². The quantitative estimate of drug-likeness (QED) is 0.0478. The predicted octanol–water partition coefficient (Wildman–Crippen LogP) is 7.29. The molecule has 4 atom stereocenters. The van der Waals surface area contributed by atoms with Gasteiger partial charge in [0.15, 0.2) is 0 Å². The normalized spacial score (nSPS) is 17.7. The summed E-state index contributed by atoms with van der Waals surface area (Å²) in [7, 11) is 1.64. The molecular weight excluding hydrogens is 719 g/mol. The zero-order valence-electron chi connectivity index (χ0n) is 32.5. The van der Waals surface area contributed by atoms with Gasteiger partial charge >= 0.3 is 5.69 Å². The van der Waals surface area contributed by atoms with Gasteiger partial charge < -0.3 is 33.3 Å². The Labute approximate surface area is 325 Å². The van der Waals surface area contributed by atoms with Crippen molar-refractivity contribution in [2.75, 3.05) is 32.8 Å². The van der Waals surface area contributed by atoms with Crippen molar-refractivity contribution in [3.8, 4) is 23.8 Å². The van der Waals surface area contributed by atoms with Crippen molar-refractivity contribution in [1.82, 2.24) is 14.2 Å². The second-order valence-corrected chi connectivity index (χ2v) is 15.0. The number of ether oxygens (including phenoxy) is 4. The standard InChI is InChI=1S/C42H51N4O8P/c1-9-10-26-52-55(46(29(2)3)30(4)5)54-37-27-40(45-25-24-39(43-31(6)47)44-41(45)48)53-38(37)28-51-42(32-14-12-11-13-15-32,33-16-20-35(49-7)21-17-33)34-18-22-36(50-8)23-19-34/h1,11-25,29-30,37-38,40H,10,26-28H2,2-8H3,(H,43,44,47,48). The minimum atomic E-state index is -1.62. The molecule has 1 saturated heterocycles. The number of nitrogens with one attached hydrogen (secondary N) is 1. The fraction of sp³-hybridized carbons (Fsp3) is 0.405. The number of nitrogens with zero attached hydrogens (tertiary/aromatic N) is 3. The largest absolute Gasteiger partial charge is 0.497 e. The van der Waals surface area contributed by atoms with Crippen molar-refractivity contribution < 1.29 is 32.8 Å². The van der Waals surface area contributed by atoms with E-state index in [-0.39, 0.29) is 30.4 Å². The van der Waals surface area contributed by atoms with Crippen LogP contribution >= 0.6 is 8.53 Å². The van der Waals surface area contributed by atoms with E-state index in [0.717, 1.165) is 16.7 Å². The number of carbonyl (C=O) groups excluding carboxylic acids is 1. The first-order chi connectivity index (χ1) is 26.5. The van der Waals surface area contributed by atoms with Crippen LogP contribution in [0.4, 0.5) is 5.82 Å². The van der Waals surface area contributed by atoms with Crippen molar-refractivity contribution in [1.29, 1.82) is 0 Å². The number of hydrogen-bond donors (Lipinski definition) is 1. The number of anilines is 1. The molecule has 0 aliphatic carbocycles. The Morgan fingerprint density at radius 2 is 1.55 bits per heavy atom. The Morgan fingerprint density at radius 1 is 0.964 bits per heavy atom. The summed E-state index contributed by atoms with van der Waals surface area (Å²) in [5, 5.41) is 2.56. The van der Waals surface area contributed by atoms with E-state index < -0.39 is 38.3 Å². The molecule has 0 bridgehead atoms. The van der Waals surface area contributed by atoms with Gasteiger partial charge in [0.25, 0.3) is 8.53 Å². The third-order valence-electron chi connectivity index (χ3n) is 9.18. The van der Waals surface area contributed by atoms with E-state index in [1.807, 2.05) is 78.9 Å². The smallest absolute Gasteiger partial charge is 0.351 e. The molecule has 1 aliphatic rings.